The normalized spacial score (nSPS) is 22.0. The van der Waals surface area contributed by atoms with E-state index in [0.717, 1.165) is 32.4 Å². The Labute approximate surface area is 137 Å². The fourth-order valence-electron chi connectivity index (χ4n) is 3.17. The van der Waals surface area contributed by atoms with Gasteiger partial charge in [0, 0.05) is 26.1 Å². The van der Waals surface area contributed by atoms with Gasteiger partial charge in [0.1, 0.15) is 5.75 Å². The van der Waals surface area contributed by atoms with Gasteiger partial charge in [-0.15, -0.1) is 0 Å². The van der Waals surface area contributed by atoms with Gasteiger partial charge in [0.2, 0.25) is 10.0 Å². The summed E-state index contributed by atoms with van der Waals surface area (Å²) in [6.45, 7) is 1.77. The number of amides is 1. The van der Waals surface area contributed by atoms with E-state index in [-0.39, 0.29) is 12.5 Å². The molecule has 1 aromatic rings. The molecule has 1 aromatic carbocycles. The highest BCUT2D eigenvalue weighted by Crippen LogP contribution is 2.34. The Morgan fingerprint density at radius 3 is 2.52 bits per heavy atom. The highest BCUT2D eigenvalue weighted by molar-refractivity contribution is 7.92. The number of rotatable bonds is 2. The average molecular weight is 338 g/mol. The first kappa shape index (κ1) is 16.1. The number of nitrogens with zero attached hydrogens (tertiary/aromatic N) is 2. The van der Waals surface area contributed by atoms with E-state index in [2.05, 4.69) is 0 Å². The number of fused-ring (bicyclic) bond motifs is 1. The zero-order chi connectivity index (χ0) is 16.4. The summed E-state index contributed by atoms with van der Waals surface area (Å²) in [5.74, 6) is 0.417. The minimum Gasteiger partial charge on any atom is -0.478 e. The lowest BCUT2D eigenvalue weighted by Gasteiger charge is -2.30. The SMILES string of the molecule is CS(=O)(=O)N1CC[C@H](C(=O)N2CCCCC2)Oc2ccccc21. The fourth-order valence-corrected chi connectivity index (χ4v) is 4.11. The van der Waals surface area contributed by atoms with Gasteiger partial charge in [-0.3, -0.25) is 9.10 Å². The molecular formula is C16H22N2O4S. The van der Waals surface area contributed by atoms with Gasteiger partial charge in [0.05, 0.1) is 11.9 Å². The summed E-state index contributed by atoms with van der Waals surface area (Å²) in [5, 5.41) is 0. The second kappa shape index (κ2) is 6.39. The molecule has 0 saturated carbocycles. The van der Waals surface area contributed by atoms with Crippen molar-refractivity contribution in [1.82, 2.24) is 4.90 Å². The number of para-hydroxylation sites is 2. The second-order valence-electron chi connectivity index (χ2n) is 6.08. The number of carbonyl (C=O) groups excluding carboxylic acids is 1. The Bertz CT molecular complexity index is 683. The topological polar surface area (TPSA) is 66.9 Å². The molecule has 0 N–H and O–H groups in total. The number of likely N-dealkylation sites (tertiary alicyclic amines) is 1. The molecule has 23 heavy (non-hydrogen) atoms. The van der Waals surface area contributed by atoms with Crippen molar-refractivity contribution in [3.8, 4) is 5.75 Å². The lowest BCUT2D eigenvalue weighted by atomic mass is 10.1. The maximum Gasteiger partial charge on any atom is 0.263 e. The van der Waals surface area contributed by atoms with Gasteiger partial charge >= 0.3 is 0 Å². The van der Waals surface area contributed by atoms with Crippen LogP contribution in [-0.2, 0) is 14.8 Å². The van der Waals surface area contributed by atoms with Crippen LogP contribution in [0.5, 0.6) is 5.75 Å². The third kappa shape index (κ3) is 3.44. The van der Waals surface area contributed by atoms with Gasteiger partial charge in [-0.1, -0.05) is 12.1 Å². The molecule has 0 spiro atoms. The largest absolute Gasteiger partial charge is 0.478 e. The average Bonchev–Trinajstić information content (AvgIpc) is 2.74. The van der Waals surface area contributed by atoms with Crippen molar-refractivity contribution in [3.63, 3.8) is 0 Å². The third-order valence-electron chi connectivity index (χ3n) is 4.34. The van der Waals surface area contributed by atoms with Crippen molar-refractivity contribution in [1.29, 1.82) is 0 Å². The van der Waals surface area contributed by atoms with Crippen LogP contribution in [0, 0.1) is 0 Å². The van der Waals surface area contributed by atoms with Crippen LogP contribution >= 0.6 is 0 Å². The van der Waals surface area contributed by atoms with E-state index in [9.17, 15) is 13.2 Å². The summed E-state index contributed by atoms with van der Waals surface area (Å²) in [4.78, 5) is 14.5. The molecule has 0 unspecified atom stereocenters. The van der Waals surface area contributed by atoms with Crippen molar-refractivity contribution in [3.05, 3.63) is 24.3 Å². The molecule has 1 atom stereocenters. The molecule has 1 amide bonds. The van der Waals surface area contributed by atoms with E-state index in [1.165, 1.54) is 10.6 Å². The maximum atomic E-state index is 12.7. The highest BCUT2D eigenvalue weighted by atomic mass is 32.2. The van der Waals surface area contributed by atoms with Gasteiger partial charge in [-0.25, -0.2) is 8.42 Å². The molecule has 2 aliphatic rings. The van der Waals surface area contributed by atoms with E-state index in [4.69, 9.17) is 4.74 Å². The monoisotopic (exact) mass is 338 g/mol. The predicted molar refractivity (Wildman–Crippen MR) is 88.1 cm³/mol. The van der Waals surface area contributed by atoms with Crippen LogP contribution in [0.2, 0.25) is 0 Å². The number of hydrogen-bond donors (Lipinski definition) is 0. The Kier molecular flexibility index (Phi) is 4.48. The van der Waals surface area contributed by atoms with Gasteiger partial charge < -0.3 is 9.64 Å². The lowest BCUT2D eigenvalue weighted by molar-refractivity contribution is -0.139. The molecule has 0 aromatic heterocycles. The quantitative estimate of drug-likeness (QED) is 0.822. The molecule has 3 rings (SSSR count). The van der Waals surface area contributed by atoms with E-state index >= 15 is 0 Å². The first-order valence-corrected chi connectivity index (χ1v) is 9.84. The van der Waals surface area contributed by atoms with Crippen LogP contribution in [0.15, 0.2) is 24.3 Å². The van der Waals surface area contributed by atoms with Crippen LogP contribution in [0.1, 0.15) is 25.7 Å². The Morgan fingerprint density at radius 2 is 1.83 bits per heavy atom. The van der Waals surface area contributed by atoms with Crippen LogP contribution in [-0.4, -0.2) is 51.2 Å². The predicted octanol–water partition coefficient (Wildman–Crippen LogP) is 1.62. The van der Waals surface area contributed by atoms with Crippen molar-refractivity contribution in [2.75, 3.05) is 30.2 Å². The zero-order valence-electron chi connectivity index (χ0n) is 13.3. The molecule has 0 aliphatic carbocycles. The number of anilines is 1. The number of sulfonamides is 1. The maximum absolute atomic E-state index is 12.7. The molecule has 0 radical (unpaired) electrons. The third-order valence-corrected chi connectivity index (χ3v) is 5.52. The molecule has 0 bridgehead atoms. The Morgan fingerprint density at radius 1 is 1.13 bits per heavy atom. The Balaban J connectivity index is 1.86. The van der Waals surface area contributed by atoms with E-state index in [1.807, 2.05) is 4.90 Å². The lowest BCUT2D eigenvalue weighted by Crippen LogP contribution is -2.45. The Hall–Kier alpha value is -1.76. The second-order valence-corrected chi connectivity index (χ2v) is 7.99. The summed E-state index contributed by atoms with van der Waals surface area (Å²) < 4.78 is 31.3. The van der Waals surface area contributed by atoms with Crippen LogP contribution < -0.4 is 9.04 Å². The standard InChI is InChI=1S/C16H22N2O4S/c1-23(20,21)18-12-9-15(16(19)17-10-5-2-6-11-17)22-14-8-4-3-7-13(14)18/h3-4,7-8,15H,2,5-6,9-12H2,1H3/t15-/m1/s1. The first-order valence-electron chi connectivity index (χ1n) is 7.99. The molecular weight excluding hydrogens is 316 g/mol. The minimum absolute atomic E-state index is 0.0325. The number of piperidine rings is 1. The molecule has 1 saturated heterocycles. The van der Waals surface area contributed by atoms with E-state index in [0.29, 0.717) is 17.9 Å². The van der Waals surface area contributed by atoms with Gasteiger partial charge in [0.25, 0.3) is 5.91 Å². The first-order chi connectivity index (χ1) is 11.0. The molecule has 7 heteroatoms. The highest BCUT2D eigenvalue weighted by Gasteiger charge is 2.33. The number of carbonyl (C=O) groups is 1. The van der Waals surface area contributed by atoms with E-state index in [1.54, 1.807) is 24.3 Å². The molecule has 1 fully saturated rings. The summed E-state index contributed by atoms with van der Waals surface area (Å²) in [5.41, 5.74) is 0.504. The summed E-state index contributed by atoms with van der Waals surface area (Å²) in [6.07, 6.45) is 4.10. The molecule has 2 heterocycles. The number of benzene rings is 1. The van der Waals surface area contributed by atoms with Crippen molar-refractivity contribution in [2.45, 2.75) is 31.8 Å². The number of hydrogen-bond acceptors (Lipinski definition) is 4. The smallest absolute Gasteiger partial charge is 0.263 e. The van der Waals surface area contributed by atoms with Crippen molar-refractivity contribution >= 4 is 21.6 Å². The van der Waals surface area contributed by atoms with Crippen LogP contribution in [0.25, 0.3) is 0 Å². The summed E-state index contributed by atoms with van der Waals surface area (Å²) in [7, 11) is -3.41. The zero-order valence-corrected chi connectivity index (χ0v) is 14.1. The van der Waals surface area contributed by atoms with Crippen molar-refractivity contribution in [2.24, 2.45) is 0 Å². The molecule has 2 aliphatic heterocycles. The van der Waals surface area contributed by atoms with Gasteiger partial charge in [-0.05, 0) is 31.4 Å². The van der Waals surface area contributed by atoms with Gasteiger partial charge in [-0.2, -0.15) is 0 Å². The number of ether oxygens (including phenoxy) is 1. The van der Waals surface area contributed by atoms with Crippen molar-refractivity contribution < 1.29 is 17.9 Å². The molecule has 126 valence electrons. The molecule has 6 nitrogen and oxygen atoms in total. The minimum atomic E-state index is -3.41. The summed E-state index contributed by atoms with van der Waals surface area (Å²) in [6, 6.07) is 6.99. The van der Waals surface area contributed by atoms with Gasteiger partial charge in [0.15, 0.2) is 6.10 Å². The summed E-state index contributed by atoms with van der Waals surface area (Å²) >= 11 is 0. The fraction of sp³-hybridized carbons (Fsp3) is 0.562. The van der Waals surface area contributed by atoms with Crippen LogP contribution in [0.3, 0.4) is 0 Å². The van der Waals surface area contributed by atoms with Crippen LogP contribution in [0.4, 0.5) is 5.69 Å². The van der Waals surface area contributed by atoms with E-state index < -0.39 is 16.1 Å².